The highest BCUT2D eigenvalue weighted by atomic mass is 16.1. The van der Waals surface area contributed by atoms with Crippen LogP contribution in [0.2, 0.25) is 0 Å². The lowest BCUT2D eigenvalue weighted by Gasteiger charge is -2.29. The van der Waals surface area contributed by atoms with Gasteiger partial charge in [0.15, 0.2) is 0 Å². The Morgan fingerprint density at radius 2 is 1.76 bits per heavy atom. The Hall–Kier alpha value is -4.22. The molecule has 2 N–H and O–H groups in total. The monoisotopic (exact) mass is 505 g/mol. The smallest absolute Gasteiger partial charge is 0.268 e. The number of nitrogens with one attached hydrogen (secondary N) is 2. The molecule has 0 unspecified atom stereocenters. The van der Waals surface area contributed by atoms with Crippen molar-refractivity contribution in [2.45, 2.75) is 38.6 Å². The van der Waals surface area contributed by atoms with Crippen LogP contribution in [0.4, 0.5) is 17.5 Å². The summed E-state index contributed by atoms with van der Waals surface area (Å²) in [6.07, 6.45) is 7.82. The quantitative estimate of drug-likeness (QED) is 0.403. The van der Waals surface area contributed by atoms with Crippen molar-refractivity contribution in [1.29, 1.82) is 0 Å². The van der Waals surface area contributed by atoms with E-state index in [1.54, 1.807) is 6.20 Å². The summed E-state index contributed by atoms with van der Waals surface area (Å²) < 4.78 is 1.86. The van der Waals surface area contributed by atoms with Gasteiger partial charge in [0.2, 0.25) is 5.95 Å². The van der Waals surface area contributed by atoms with Gasteiger partial charge < -0.3 is 15.5 Å². The summed E-state index contributed by atoms with van der Waals surface area (Å²) >= 11 is 0. The van der Waals surface area contributed by atoms with Gasteiger partial charge in [-0.25, -0.2) is 9.97 Å². The molecule has 1 aliphatic carbocycles. The number of rotatable bonds is 4. The van der Waals surface area contributed by atoms with Crippen LogP contribution in [0.3, 0.4) is 0 Å². The van der Waals surface area contributed by atoms with Crippen molar-refractivity contribution in [3.05, 3.63) is 81.9 Å². The first kappa shape index (κ1) is 24.1. The maximum Gasteiger partial charge on any atom is 0.268 e. The van der Waals surface area contributed by atoms with Crippen LogP contribution in [0.5, 0.6) is 0 Å². The highest BCUT2D eigenvalue weighted by Gasteiger charge is 2.24. The minimum atomic E-state index is -0.0755. The molecular formula is C30H31N7O. The lowest BCUT2D eigenvalue weighted by molar-refractivity contribution is 0.515. The van der Waals surface area contributed by atoms with Gasteiger partial charge in [0, 0.05) is 49.4 Å². The van der Waals surface area contributed by atoms with Crippen LogP contribution in [0.1, 0.15) is 48.4 Å². The fraction of sp³-hybridized carbons (Fsp3) is 0.333. The van der Waals surface area contributed by atoms with E-state index in [0.29, 0.717) is 23.0 Å². The number of hydrogen-bond acceptors (Lipinski definition) is 7. The summed E-state index contributed by atoms with van der Waals surface area (Å²) in [4.78, 5) is 30.2. The van der Waals surface area contributed by atoms with E-state index in [1.165, 1.54) is 0 Å². The molecule has 2 fully saturated rings. The van der Waals surface area contributed by atoms with E-state index in [9.17, 15) is 4.79 Å². The molecular weight excluding hydrogens is 474 g/mol. The zero-order chi connectivity index (χ0) is 25.9. The van der Waals surface area contributed by atoms with Crippen LogP contribution in [0.25, 0.3) is 11.0 Å². The standard InChI is InChI=1S/C30H31N7O/c1-21-25(13-11-22-7-3-2-4-8-22)29(38)37(23-9-5-6-10-23)28-26(21)20-33-30(35-28)34-27-14-12-24(19-32-27)36-17-15-31-16-18-36/h2-4,7-8,12,14,19-20,23,31H,5-6,9-10,15-18H2,1H3,(H,32,33,34,35). The molecule has 0 atom stereocenters. The van der Waals surface area contributed by atoms with Gasteiger partial charge in [0.05, 0.1) is 17.4 Å². The van der Waals surface area contributed by atoms with Crippen LogP contribution >= 0.6 is 0 Å². The number of benzene rings is 1. The summed E-state index contributed by atoms with van der Waals surface area (Å²) in [7, 11) is 0. The highest BCUT2D eigenvalue weighted by molar-refractivity contribution is 5.82. The summed E-state index contributed by atoms with van der Waals surface area (Å²) in [6, 6.07) is 13.9. The number of pyridine rings is 2. The van der Waals surface area contributed by atoms with Crippen molar-refractivity contribution in [3.8, 4) is 11.8 Å². The number of fused-ring (bicyclic) bond motifs is 1. The minimum absolute atomic E-state index is 0.0755. The molecule has 0 spiro atoms. The maximum atomic E-state index is 13.8. The molecule has 8 heteroatoms. The minimum Gasteiger partial charge on any atom is -0.368 e. The third-order valence-corrected chi connectivity index (χ3v) is 7.47. The Kier molecular flexibility index (Phi) is 6.76. The van der Waals surface area contributed by atoms with Crippen molar-refractivity contribution in [2.24, 2.45) is 0 Å². The second-order valence-corrected chi connectivity index (χ2v) is 9.92. The number of aromatic nitrogens is 4. The molecule has 1 aromatic carbocycles. The Balaban J connectivity index is 1.37. The fourth-order valence-corrected chi connectivity index (χ4v) is 5.38. The Labute approximate surface area is 222 Å². The molecule has 0 bridgehead atoms. The number of nitrogens with zero attached hydrogens (tertiary/aromatic N) is 5. The average Bonchev–Trinajstić information content (AvgIpc) is 3.49. The molecule has 0 radical (unpaired) electrons. The summed E-state index contributed by atoms with van der Waals surface area (Å²) in [6.45, 7) is 5.83. The topological polar surface area (TPSA) is 88.0 Å². The number of piperazine rings is 1. The van der Waals surface area contributed by atoms with E-state index in [2.05, 4.69) is 43.4 Å². The molecule has 1 aliphatic heterocycles. The Morgan fingerprint density at radius 1 is 0.974 bits per heavy atom. The van der Waals surface area contributed by atoms with E-state index in [-0.39, 0.29) is 11.6 Å². The lowest BCUT2D eigenvalue weighted by Crippen LogP contribution is -2.43. The maximum absolute atomic E-state index is 13.8. The van der Waals surface area contributed by atoms with E-state index in [1.807, 2.05) is 54.1 Å². The van der Waals surface area contributed by atoms with E-state index >= 15 is 0 Å². The van der Waals surface area contributed by atoms with Gasteiger partial charge in [-0.1, -0.05) is 42.9 Å². The Bertz CT molecular complexity index is 1560. The van der Waals surface area contributed by atoms with Gasteiger partial charge in [-0.3, -0.25) is 9.36 Å². The molecule has 3 aromatic heterocycles. The van der Waals surface area contributed by atoms with Crippen molar-refractivity contribution in [3.63, 3.8) is 0 Å². The normalized spacial score (nSPS) is 15.9. The van der Waals surface area contributed by atoms with Gasteiger partial charge in [0.1, 0.15) is 11.5 Å². The molecule has 4 heterocycles. The first-order chi connectivity index (χ1) is 18.7. The molecule has 6 rings (SSSR count). The van der Waals surface area contributed by atoms with E-state index in [4.69, 9.17) is 4.98 Å². The van der Waals surface area contributed by atoms with E-state index < -0.39 is 0 Å². The van der Waals surface area contributed by atoms with Gasteiger partial charge in [-0.15, -0.1) is 0 Å². The summed E-state index contributed by atoms with van der Waals surface area (Å²) in [5.74, 6) is 7.42. The SMILES string of the molecule is Cc1c(C#Cc2ccccc2)c(=O)n(C2CCCC2)c2nc(Nc3ccc(N4CCNCC4)cn3)ncc12. The van der Waals surface area contributed by atoms with Gasteiger partial charge in [0.25, 0.3) is 5.56 Å². The van der Waals surface area contributed by atoms with Crippen LogP contribution < -0.4 is 21.1 Å². The number of anilines is 3. The van der Waals surface area contributed by atoms with Gasteiger partial charge in [-0.05, 0) is 49.6 Å². The molecule has 1 saturated heterocycles. The highest BCUT2D eigenvalue weighted by Crippen LogP contribution is 2.32. The van der Waals surface area contributed by atoms with Crippen LogP contribution in [0.15, 0.2) is 59.7 Å². The van der Waals surface area contributed by atoms with Crippen LogP contribution in [0, 0.1) is 18.8 Å². The molecule has 1 saturated carbocycles. The average molecular weight is 506 g/mol. The second-order valence-electron chi connectivity index (χ2n) is 9.92. The predicted molar refractivity (Wildman–Crippen MR) is 151 cm³/mol. The molecule has 2 aliphatic rings. The largest absolute Gasteiger partial charge is 0.368 e. The first-order valence-corrected chi connectivity index (χ1v) is 13.3. The van der Waals surface area contributed by atoms with Crippen molar-refractivity contribution in [1.82, 2.24) is 24.8 Å². The first-order valence-electron chi connectivity index (χ1n) is 13.3. The van der Waals surface area contributed by atoms with Crippen LogP contribution in [-0.2, 0) is 0 Å². The van der Waals surface area contributed by atoms with Crippen LogP contribution in [-0.4, -0.2) is 45.7 Å². The summed E-state index contributed by atoms with van der Waals surface area (Å²) in [5.41, 5.74) is 3.89. The number of hydrogen-bond donors (Lipinski definition) is 2. The Morgan fingerprint density at radius 3 is 2.50 bits per heavy atom. The van der Waals surface area contributed by atoms with Gasteiger partial charge >= 0.3 is 0 Å². The third-order valence-electron chi connectivity index (χ3n) is 7.47. The summed E-state index contributed by atoms with van der Waals surface area (Å²) in [5, 5.41) is 7.46. The zero-order valence-electron chi connectivity index (χ0n) is 21.6. The molecule has 38 heavy (non-hydrogen) atoms. The van der Waals surface area contributed by atoms with Crippen molar-refractivity contribution in [2.75, 3.05) is 36.4 Å². The predicted octanol–water partition coefficient (Wildman–Crippen LogP) is 4.16. The van der Waals surface area contributed by atoms with E-state index in [0.717, 1.165) is 74.1 Å². The van der Waals surface area contributed by atoms with Gasteiger partial charge in [-0.2, -0.15) is 4.98 Å². The lowest BCUT2D eigenvalue weighted by atomic mass is 10.1. The molecule has 4 aromatic rings. The number of aryl methyl sites for hydroxylation is 1. The molecule has 0 amide bonds. The molecule has 192 valence electrons. The zero-order valence-corrected chi connectivity index (χ0v) is 21.6. The second kappa shape index (κ2) is 10.6. The van der Waals surface area contributed by atoms with Crippen molar-refractivity contribution < 1.29 is 0 Å². The third kappa shape index (κ3) is 4.85. The molecule has 8 nitrogen and oxygen atoms in total. The van der Waals surface area contributed by atoms with Crippen molar-refractivity contribution >= 4 is 28.5 Å². The fourth-order valence-electron chi connectivity index (χ4n) is 5.38.